The van der Waals surface area contributed by atoms with Gasteiger partial charge < -0.3 is 14.3 Å². The van der Waals surface area contributed by atoms with Crippen LogP contribution in [0.4, 0.5) is 0 Å². The molecule has 5 heteroatoms. The molecule has 4 aromatic rings. The Morgan fingerprint density at radius 2 is 1.76 bits per heavy atom. The standard InChI is InChI=1S/C24H23N3O2/c1-27-17-16-25-24(27)23(19-10-6-3-7-11-19)26-22(28)15-13-20-12-14-21(29-20)18-8-4-2-5-9-18/h2-12,14,16-17,23H,13,15H2,1H3,(H,26,28). The summed E-state index contributed by atoms with van der Waals surface area (Å²) in [6.07, 6.45) is 4.51. The van der Waals surface area contributed by atoms with Gasteiger partial charge in [0, 0.05) is 37.8 Å². The minimum absolute atomic E-state index is 0.0421. The average molecular weight is 385 g/mol. The van der Waals surface area contributed by atoms with Gasteiger partial charge in [0.05, 0.1) is 0 Å². The molecule has 1 N–H and O–H groups in total. The van der Waals surface area contributed by atoms with E-state index in [2.05, 4.69) is 10.3 Å². The van der Waals surface area contributed by atoms with E-state index in [0.717, 1.165) is 28.5 Å². The van der Waals surface area contributed by atoms with E-state index in [1.165, 1.54) is 0 Å². The van der Waals surface area contributed by atoms with Crippen LogP contribution in [0.2, 0.25) is 0 Å². The van der Waals surface area contributed by atoms with Crippen LogP contribution in [0.25, 0.3) is 11.3 Å². The van der Waals surface area contributed by atoms with E-state index >= 15 is 0 Å². The summed E-state index contributed by atoms with van der Waals surface area (Å²) < 4.78 is 7.83. The van der Waals surface area contributed by atoms with Crippen molar-refractivity contribution in [3.8, 4) is 11.3 Å². The zero-order valence-corrected chi connectivity index (χ0v) is 16.3. The third-order valence-corrected chi connectivity index (χ3v) is 4.87. The van der Waals surface area contributed by atoms with Crippen molar-refractivity contribution in [2.45, 2.75) is 18.9 Å². The number of nitrogens with one attached hydrogen (secondary N) is 1. The number of hydrogen-bond donors (Lipinski definition) is 1. The van der Waals surface area contributed by atoms with Gasteiger partial charge in [-0.2, -0.15) is 0 Å². The van der Waals surface area contributed by atoms with Gasteiger partial charge in [-0.1, -0.05) is 60.7 Å². The highest BCUT2D eigenvalue weighted by atomic mass is 16.3. The number of rotatable bonds is 7. The van der Waals surface area contributed by atoms with Gasteiger partial charge in [0.25, 0.3) is 0 Å². The average Bonchev–Trinajstić information content (AvgIpc) is 3.41. The molecule has 0 radical (unpaired) electrons. The Kier molecular flexibility index (Phi) is 5.56. The van der Waals surface area contributed by atoms with Crippen molar-refractivity contribution in [2.75, 3.05) is 0 Å². The molecule has 0 aliphatic heterocycles. The highest BCUT2D eigenvalue weighted by Gasteiger charge is 2.20. The van der Waals surface area contributed by atoms with Crippen molar-refractivity contribution in [3.63, 3.8) is 0 Å². The Morgan fingerprint density at radius 3 is 2.45 bits per heavy atom. The molecule has 1 unspecified atom stereocenters. The SMILES string of the molecule is Cn1ccnc1C(NC(=O)CCc1ccc(-c2ccccc2)o1)c1ccccc1. The molecule has 146 valence electrons. The van der Waals surface area contributed by atoms with Crippen LogP contribution in [-0.4, -0.2) is 15.5 Å². The third-order valence-electron chi connectivity index (χ3n) is 4.87. The monoisotopic (exact) mass is 385 g/mol. The summed E-state index contributed by atoms with van der Waals surface area (Å²) in [6, 6.07) is 23.4. The maximum atomic E-state index is 12.7. The fourth-order valence-corrected chi connectivity index (χ4v) is 3.34. The van der Waals surface area contributed by atoms with Crippen LogP contribution in [-0.2, 0) is 18.3 Å². The molecule has 0 fully saturated rings. The van der Waals surface area contributed by atoms with Gasteiger partial charge in [0.1, 0.15) is 23.4 Å². The summed E-state index contributed by atoms with van der Waals surface area (Å²) in [6.45, 7) is 0. The van der Waals surface area contributed by atoms with Crippen LogP contribution in [0, 0.1) is 0 Å². The molecule has 0 aliphatic rings. The Balaban J connectivity index is 1.43. The number of amides is 1. The van der Waals surface area contributed by atoms with Crippen LogP contribution in [0.1, 0.15) is 29.6 Å². The van der Waals surface area contributed by atoms with Gasteiger partial charge in [-0.15, -0.1) is 0 Å². The first-order valence-corrected chi connectivity index (χ1v) is 9.66. The van der Waals surface area contributed by atoms with E-state index in [-0.39, 0.29) is 11.9 Å². The fourth-order valence-electron chi connectivity index (χ4n) is 3.34. The lowest BCUT2D eigenvalue weighted by Crippen LogP contribution is -2.31. The number of nitrogens with zero attached hydrogens (tertiary/aromatic N) is 2. The molecule has 4 rings (SSSR count). The summed E-state index contributed by atoms with van der Waals surface area (Å²) in [4.78, 5) is 17.1. The minimum atomic E-state index is -0.291. The second-order valence-electron chi connectivity index (χ2n) is 6.94. The highest BCUT2D eigenvalue weighted by Crippen LogP contribution is 2.23. The van der Waals surface area contributed by atoms with Crippen molar-refractivity contribution >= 4 is 5.91 Å². The van der Waals surface area contributed by atoms with Crippen LogP contribution in [0.3, 0.4) is 0 Å². The number of benzene rings is 2. The molecular formula is C24H23N3O2. The Morgan fingerprint density at radius 1 is 1.03 bits per heavy atom. The second kappa shape index (κ2) is 8.61. The summed E-state index contributed by atoms with van der Waals surface area (Å²) in [5.41, 5.74) is 2.03. The van der Waals surface area contributed by atoms with E-state index in [1.54, 1.807) is 6.20 Å². The number of carbonyl (C=O) groups is 1. The first kappa shape index (κ1) is 18.7. The second-order valence-corrected chi connectivity index (χ2v) is 6.94. The van der Waals surface area contributed by atoms with Gasteiger partial charge in [0.2, 0.25) is 5.91 Å². The van der Waals surface area contributed by atoms with Crippen LogP contribution >= 0.6 is 0 Å². The Labute approximate surface area is 170 Å². The van der Waals surface area contributed by atoms with E-state index in [4.69, 9.17) is 4.42 Å². The van der Waals surface area contributed by atoms with Gasteiger partial charge in [-0.25, -0.2) is 4.98 Å². The number of carbonyl (C=O) groups excluding carboxylic acids is 1. The molecule has 2 aromatic carbocycles. The van der Waals surface area contributed by atoms with Crippen molar-refractivity contribution in [3.05, 3.63) is 102 Å². The highest BCUT2D eigenvalue weighted by molar-refractivity contribution is 5.77. The quantitative estimate of drug-likeness (QED) is 0.509. The lowest BCUT2D eigenvalue weighted by Gasteiger charge is -2.19. The number of aryl methyl sites for hydroxylation is 2. The Hall–Kier alpha value is -3.60. The molecule has 1 atom stereocenters. The van der Waals surface area contributed by atoms with E-state index in [9.17, 15) is 4.79 Å². The molecule has 0 saturated heterocycles. The molecule has 2 heterocycles. The maximum Gasteiger partial charge on any atom is 0.221 e. The number of furan rings is 1. The largest absolute Gasteiger partial charge is 0.461 e. The van der Waals surface area contributed by atoms with Crippen molar-refractivity contribution in [1.29, 1.82) is 0 Å². The zero-order chi connectivity index (χ0) is 20.1. The lowest BCUT2D eigenvalue weighted by atomic mass is 10.1. The minimum Gasteiger partial charge on any atom is -0.461 e. The first-order chi connectivity index (χ1) is 14.2. The summed E-state index contributed by atoms with van der Waals surface area (Å²) in [5.74, 6) is 2.37. The molecule has 2 aromatic heterocycles. The summed E-state index contributed by atoms with van der Waals surface area (Å²) in [7, 11) is 1.93. The number of aromatic nitrogens is 2. The maximum absolute atomic E-state index is 12.7. The van der Waals surface area contributed by atoms with Gasteiger partial charge >= 0.3 is 0 Å². The Bertz CT molecular complexity index is 1070. The third kappa shape index (κ3) is 4.46. The van der Waals surface area contributed by atoms with Crippen LogP contribution in [0.5, 0.6) is 0 Å². The molecule has 1 amide bonds. The van der Waals surface area contributed by atoms with Gasteiger partial charge in [-0.3, -0.25) is 4.79 Å². The molecule has 0 saturated carbocycles. The zero-order valence-electron chi connectivity index (χ0n) is 16.3. The lowest BCUT2D eigenvalue weighted by molar-refractivity contribution is -0.121. The van der Waals surface area contributed by atoms with Crippen molar-refractivity contribution in [2.24, 2.45) is 7.05 Å². The predicted molar refractivity (Wildman–Crippen MR) is 112 cm³/mol. The first-order valence-electron chi connectivity index (χ1n) is 9.66. The topological polar surface area (TPSA) is 60.1 Å². The van der Waals surface area contributed by atoms with E-state index in [0.29, 0.717) is 12.8 Å². The van der Waals surface area contributed by atoms with Crippen LogP contribution in [0.15, 0.2) is 89.6 Å². The molecule has 29 heavy (non-hydrogen) atoms. The molecule has 0 aliphatic carbocycles. The molecule has 5 nitrogen and oxygen atoms in total. The van der Waals surface area contributed by atoms with E-state index in [1.807, 2.05) is 90.6 Å². The smallest absolute Gasteiger partial charge is 0.221 e. The summed E-state index contributed by atoms with van der Waals surface area (Å²) >= 11 is 0. The molecular weight excluding hydrogens is 362 g/mol. The van der Waals surface area contributed by atoms with E-state index < -0.39 is 0 Å². The number of hydrogen-bond acceptors (Lipinski definition) is 3. The predicted octanol–water partition coefficient (Wildman–Crippen LogP) is 4.52. The van der Waals surface area contributed by atoms with Gasteiger partial charge in [0.15, 0.2) is 0 Å². The summed E-state index contributed by atoms with van der Waals surface area (Å²) in [5, 5.41) is 3.12. The van der Waals surface area contributed by atoms with Crippen molar-refractivity contribution in [1.82, 2.24) is 14.9 Å². The molecule has 0 bridgehead atoms. The number of imidazole rings is 1. The fraction of sp³-hybridized carbons (Fsp3) is 0.167. The van der Waals surface area contributed by atoms with Gasteiger partial charge in [-0.05, 0) is 17.7 Å². The van der Waals surface area contributed by atoms with Crippen molar-refractivity contribution < 1.29 is 9.21 Å². The molecule has 0 spiro atoms. The normalized spacial score (nSPS) is 11.9. The van der Waals surface area contributed by atoms with Crippen LogP contribution < -0.4 is 5.32 Å².